The second-order valence-corrected chi connectivity index (χ2v) is 11.3. The van der Waals surface area contributed by atoms with Gasteiger partial charge in [0.25, 0.3) is 0 Å². The van der Waals surface area contributed by atoms with E-state index >= 15 is 0 Å². The molecular formula is C15H23ClIN5O. The molecule has 8 heteroatoms. The van der Waals surface area contributed by atoms with Gasteiger partial charge < -0.3 is 0 Å². The topological polar surface area (TPSA) is 60.5 Å². The summed E-state index contributed by atoms with van der Waals surface area (Å²) in [5.41, 5.74) is 0. The Morgan fingerprint density at radius 1 is 1.35 bits per heavy atom. The number of urea groups is 1. The number of piperidine rings is 1. The monoisotopic (exact) mass is 451 g/mol. The molecule has 0 radical (unpaired) electrons. The van der Waals surface area contributed by atoms with Crippen molar-refractivity contribution in [3.63, 3.8) is 0 Å². The molecule has 128 valence electrons. The third-order valence-corrected chi connectivity index (χ3v) is 9.35. The molecule has 0 unspecified atom stereocenters. The van der Waals surface area contributed by atoms with Crippen molar-refractivity contribution < 1.29 is 4.79 Å². The third-order valence-electron chi connectivity index (χ3n) is 4.12. The van der Waals surface area contributed by atoms with Gasteiger partial charge in [-0.2, -0.15) is 0 Å². The van der Waals surface area contributed by atoms with Crippen LogP contribution in [-0.4, -0.2) is 57.6 Å². The second-order valence-electron chi connectivity index (χ2n) is 5.99. The van der Waals surface area contributed by atoms with Crippen LogP contribution in [0.3, 0.4) is 0 Å². The molecular weight excluding hydrogens is 429 g/mol. The maximum absolute atomic E-state index is 12.1. The minimum absolute atomic E-state index is 0.0323. The molecule has 2 fully saturated rings. The first-order valence-electron chi connectivity index (χ1n) is 7.85. The van der Waals surface area contributed by atoms with Crippen LogP contribution in [0, 0.1) is 0 Å². The van der Waals surface area contributed by atoms with Crippen LogP contribution in [0.2, 0.25) is 5.15 Å². The molecule has 0 spiro atoms. The van der Waals surface area contributed by atoms with Crippen LogP contribution in [0.4, 0.5) is 10.6 Å². The molecule has 2 aliphatic rings. The number of hydrogen-bond donors (Lipinski definition) is 2. The van der Waals surface area contributed by atoms with Crippen LogP contribution in [-0.2, 0) is 0 Å². The number of hydrogen-bond acceptors (Lipinski definition) is 4. The number of pyridine rings is 1. The van der Waals surface area contributed by atoms with Crippen LogP contribution in [0.1, 0.15) is 12.8 Å². The van der Waals surface area contributed by atoms with Gasteiger partial charge in [0.15, 0.2) is 0 Å². The Morgan fingerprint density at radius 3 is 2.78 bits per heavy atom. The fourth-order valence-corrected chi connectivity index (χ4v) is 7.79. The molecule has 2 saturated heterocycles. The molecule has 23 heavy (non-hydrogen) atoms. The zero-order valence-corrected chi connectivity index (χ0v) is 16.2. The van der Waals surface area contributed by atoms with Crippen molar-refractivity contribution in [2.24, 2.45) is 0 Å². The van der Waals surface area contributed by atoms with Crippen molar-refractivity contribution in [3.05, 3.63) is 23.4 Å². The Labute approximate surface area is 149 Å². The summed E-state index contributed by atoms with van der Waals surface area (Å²) < 4.78 is 5.51. The average molecular weight is 452 g/mol. The molecule has 0 atom stereocenters. The van der Waals surface area contributed by atoms with Gasteiger partial charge in [-0.1, -0.05) is 0 Å². The van der Waals surface area contributed by atoms with Crippen LogP contribution < -0.4 is 13.7 Å². The van der Waals surface area contributed by atoms with Gasteiger partial charge in [0, 0.05) is 0 Å². The Morgan fingerprint density at radius 2 is 2.13 bits per heavy atom. The number of rotatable bonds is 3. The summed E-state index contributed by atoms with van der Waals surface area (Å²) in [5, 5.41) is 3.66. The number of anilines is 1. The van der Waals surface area contributed by atoms with E-state index in [1.54, 1.807) is 6.07 Å². The van der Waals surface area contributed by atoms with Gasteiger partial charge in [-0.15, -0.1) is 0 Å². The van der Waals surface area contributed by atoms with Gasteiger partial charge in [0.2, 0.25) is 0 Å². The normalized spacial score (nSPS) is 21.5. The fraction of sp³-hybridized carbons (Fsp3) is 0.600. The Bertz CT molecular complexity index is 552. The van der Waals surface area contributed by atoms with Gasteiger partial charge in [-0.3, -0.25) is 0 Å². The number of carbonyl (C=O) groups is 1. The van der Waals surface area contributed by atoms with Gasteiger partial charge in [0.05, 0.1) is 0 Å². The number of nitrogens with zero attached hydrogens (tertiary/aromatic N) is 3. The Balaban J connectivity index is 1.43. The van der Waals surface area contributed by atoms with E-state index in [0.717, 1.165) is 42.8 Å². The SMILES string of the molecule is CN1CCI(NC(=O)NC2CCN(c3cccc(Cl)n3)CC2)C1. The predicted octanol–water partition coefficient (Wildman–Crippen LogP) is 2.33. The van der Waals surface area contributed by atoms with Crippen molar-refractivity contribution in [3.8, 4) is 0 Å². The van der Waals surface area contributed by atoms with E-state index in [0.29, 0.717) is 5.15 Å². The minimum atomic E-state index is -1.28. The molecule has 2 amide bonds. The zero-order chi connectivity index (χ0) is 16.2. The van der Waals surface area contributed by atoms with E-state index in [-0.39, 0.29) is 12.1 Å². The molecule has 1 aromatic heterocycles. The molecule has 0 aliphatic carbocycles. The van der Waals surface area contributed by atoms with Crippen molar-refractivity contribution >= 4 is 43.5 Å². The molecule has 0 aromatic carbocycles. The quantitative estimate of drug-likeness (QED) is 0.243. The number of nitrogens with one attached hydrogen (secondary N) is 2. The first kappa shape index (κ1) is 17.0. The van der Waals surface area contributed by atoms with Gasteiger partial charge in [-0.05, 0) is 0 Å². The van der Waals surface area contributed by atoms with Crippen LogP contribution in [0.5, 0.6) is 0 Å². The number of aromatic nitrogens is 1. The summed E-state index contributed by atoms with van der Waals surface area (Å²) in [7, 11) is 2.12. The van der Waals surface area contributed by atoms with Gasteiger partial charge >= 0.3 is 150 Å². The van der Waals surface area contributed by atoms with E-state index < -0.39 is 20.1 Å². The first-order chi connectivity index (χ1) is 11.1. The average Bonchev–Trinajstić information content (AvgIpc) is 2.93. The third kappa shape index (κ3) is 4.84. The molecule has 2 N–H and O–H groups in total. The molecule has 0 saturated carbocycles. The summed E-state index contributed by atoms with van der Waals surface area (Å²) in [6.45, 7) is 2.91. The maximum atomic E-state index is 12.1. The number of carbonyl (C=O) groups excluding carboxylic acids is 1. The molecule has 3 rings (SSSR count). The first-order valence-corrected chi connectivity index (χ1v) is 12.4. The van der Waals surface area contributed by atoms with Crippen molar-refractivity contribution in [2.45, 2.75) is 18.9 Å². The van der Waals surface area contributed by atoms with Gasteiger partial charge in [-0.25, -0.2) is 0 Å². The van der Waals surface area contributed by atoms with Crippen molar-refractivity contribution in [1.82, 2.24) is 18.7 Å². The summed E-state index contributed by atoms with van der Waals surface area (Å²) in [6, 6.07) is 5.97. The second kappa shape index (κ2) is 7.85. The summed E-state index contributed by atoms with van der Waals surface area (Å²) in [6.07, 6.45) is 1.88. The zero-order valence-electron chi connectivity index (χ0n) is 13.3. The van der Waals surface area contributed by atoms with Crippen molar-refractivity contribution in [2.75, 3.05) is 40.6 Å². The van der Waals surface area contributed by atoms with Crippen LogP contribution in [0.15, 0.2) is 18.2 Å². The van der Waals surface area contributed by atoms with E-state index in [9.17, 15) is 4.79 Å². The summed E-state index contributed by atoms with van der Waals surface area (Å²) in [5.74, 6) is 0.919. The van der Waals surface area contributed by atoms with Gasteiger partial charge in [0.1, 0.15) is 0 Å². The molecule has 6 nitrogen and oxygen atoms in total. The van der Waals surface area contributed by atoms with Crippen molar-refractivity contribution in [1.29, 1.82) is 0 Å². The van der Waals surface area contributed by atoms with E-state index in [2.05, 4.69) is 30.7 Å². The number of alkyl halides is 2. The number of amides is 2. The predicted molar refractivity (Wildman–Crippen MR) is 103 cm³/mol. The molecule has 0 bridgehead atoms. The van der Waals surface area contributed by atoms with E-state index in [1.165, 1.54) is 4.43 Å². The summed E-state index contributed by atoms with van der Waals surface area (Å²) in [4.78, 5) is 21.0. The molecule has 3 heterocycles. The number of halogens is 2. The van der Waals surface area contributed by atoms with E-state index in [1.807, 2.05) is 12.1 Å². The molecule has 1 aromatic rings. The molecule has 2 aliphatic heterocycles. The Hall–Kier alpha value is -0.800. The Kier molecular flexibility index (Phi) is 5.81. The summed E-state index contributed by atoms with van der Waals surface area (Å²) >= 11 is 4.67. The van der Waals surface area contributed by atoms with Crippen LogP contribution >= 0.6 is 31.7 Å². The van der Waals surface area contributed by atoms with E-state index in [4.69, 9.17) is 11.6 Å². The fourth-order valence-electron chi connectivity index (χ4n) is 2.85. The van der Waals surface area contributed by atoms with Crippen LogP contribution in [0.25, 0.3) is 0 Å². The standard InChI is InChI=1S/C15H23ClIN5O/c1-21-10-7-17(11-21)20-15(23)18-12-5-8-22(9-6-12)14-4-2-3-13(16)19-14/h2-4,12H,5-11H2,1H3,(H2,18,20,23).